The quantitative estimate of drug-likeness (QED) is 0.100. The standard InChI is InChI=1S/C55H63FO10/c1-6-43-48(64-51(58)35-19-13-9-14-20-35)46(63-50(57)34-17-11-8-12-18-34)32(3)54(61-43)66-47-33(4)53(60-44(7-2)49(47)65-52(59)36-21-15-10-16-22-36)62-45-28-27-42-41-25-23-37-31-38(56)24-26-39(37)40(41)29-30-55(42,45)5/h8-22,24,26,31-33,40-49,53-54H,6-7,23,25,27-30H2,1-5H3/t32?,33?,40-,41-,42+,43?,44?,45+,46?,47?,48?,49?,53?,54?,55+/m1/s1. The number of benzene rings is 4. The number of rotatable bonds is 12. The Morgan fingerprint density at radius 3 is 1.67 bits per heavy atom. The summed E-state index contributed by atoms with van der Waals surface area (Å²) in [6, 6.07) is 31.6. The van der Waals surface area contributed by atoms with E-state index in [0.29, 0.717) is 47.3 Å². The number of esters is 3. The summed E-state index contributed by atoms with van der Waals surface area (Å²) in [4.78, 5) is 41.4. The molecule has 2 saturated carbocycles. The minimum absolute atomic E-state index is 0.0803. The van der Waals surface area contributed by atoms with Crippen LogP contribution in [0.15, 0.2) is 109 Å². The molecule has 4 aromatic rings. The molecule has 2 saturated heterocycles. The Balaban J connectivity index is 0.998. The number of ether oxygens (including phenoxy) is 7. The third-order valence-electron chi connectivity index (χ3n) is 15.6. The molecule has 11 heteroatoms. The average Bonchev–Trinajstić information content (AvgIpc) is 3.68. The molecule has 5 aliphatic rings. The lowest BCUT2D eigenvalue weighted by molar-refractivity contribution is -0.345. The van der Waals surface area contributed by atoms with E-state index in [1.807, 2.05) is 52.0 Å². The number of hydrogen-bond acceptors (Lipinski definition) is 10. The summed E-state index contributed by atoms with van der Waals surface area (Å²) in [5.41, 5.74) is 3.49. The first-order chi connectivity index (χ1) is 32.0. The van der Waals surface area contributed by atoms with Crippen LogP contribution in [0.25, 0.3) is 0 Å². The van der Waals surface area contributed by atoms with Crippen molar-refractivity contribution in [1.29, 1.82) is 0 Å². The summed E-state index contributed by atoms with van der Waals surface area (Å²) in [7, 11) is 0. The first-order valence-corrected chi connectivity index (χ1v) is 24.2. The van der Waals surface area contributed by atoms with E-state index in [0.717, 1.165) is 44.1 Å². The molecule has 0 aromatic heterocycles. The third kappa shape index (κ3) is 9.08. The molecule has 350 valence electrons. The third-order valence-corrected chi connectivity index (χ3v) is 15.6. The van der Waals surface area contributed by atoms with Gasteiger partial charge in [0.1, 0.15) is 24.1 Å². The average molecular weight is 903 g/mol. The van der Waals surface area contributed by atoms with Gasteiger partial charge in [0.2, 0.25) is 0 Å². The second kappa shape index (κ2) is 19.7. The summed E-state index contributed by atoms with van der Waals surface area (Å²) >= 11 is 0. The van der Waals surface area contributed by atoms with E-state index in [-0.39, 0.29) is 17.3 Å². The fourth-order valence-corrected chi connectivity index (χ4v) is 12.1. The summed E-state index contributed by atoms with van der Waals surface area (Å²) < 4.78 is 61.2. The fraction of sp³-hybridized carbons (Fsp3) is 0.509. The maximum absolute atomic E-state index is 14.3. The van der Waals surface area contributed by atoms with Crippen LogP contribution in [0.3, 0.4) is 0 Å². The van der Waals surface area contributed by atoms with Crippen molar-refractivity contribution in [3.05, 3.63) is 143 Å². The molecule has 2 aliphatic heterocycles. The Labute approximate surface area is 387 Å². The molecule has 15 atom stereocenters. The molecular formula is C55H63FO10. The zero-order chi connectivity index (χ0) is 46.1. The number of hydrogen-bond donors (Lipinski definition) is 0. The van der Waals surface area contributed by atoms with Crippen molar-refractivity contribution in [3.8, 4) is 0 Å². The summed E-state index contributed by atoms with van der Waals surface area (Å²) in [5, 5.41) is 0. The molecule has 2 heterocycles. The van der Waals surface area contributed by atoms with Crippen molar-refractivity contribution in [1.82, 2.24) is 0 Å². The number of fused-ring (bicyclic) bond motifs is 5. The van der Waals surface area contributed by atoms with Gasteiger partial charge in [-0.1, -0.05) is 95.3 Å². The molecule has 66 heavy (non-hydrogen) atoms. The normalized spacial score (nSPS) is 34.8. The Bertz CT molecular complexity index is 2310. The molecule has 0 amide bonds. The van der Waals surface area contributed by atoms with Crippen LogP contribution in [0.2, 0.25) is 0 Å². The van der Waals surface area contributed by atoms with Gasteiger partial charge in [-0.15, -0.1) is 0 Å². The first kappa shape index (κ1) is 46.2. The Hall–Kier alpha value is -4.94. The van der Waals surface area contributed by atoms with Gasteiger partial charge >= 0.3 is 17.9 Å². The minimum atomic E-state index is -0.983. The number of halogens is 1. The van der Waals surface area contributed by atoms with Crippen LogP contribution in [0.1, 0.15) is 128 Å². The van der Waals surface area contributed by atoms with Crippen molar-refractivity contribution < 1.29 is 51.9 Å². The molecule has 10 nitrogen and oxygen atoms in total. The van der Waals surface area contributed by atoms with Gasteiger partial charge in [0.25, 0.3) is 0 Å². The Morgan fingerprint density at radius 1 is 0.621 bits per heavy atom. The lowest BCUT2D eigenvalue weighted by Gasteiger charge is -2.52. The van der Waals surface area contributed by atoms with Crippen molar-refractivity contribution in [2.24, 2.45) is 29.1 Å². The van der Waals surface area contributed by atoms with Crippen LogP contribution in [-0.4, -0.2) is 73.2 Å². The molecule has 4 fully saturated rings. The number of carbonyl (C=O) groups is 3. The van der Waals surface area contributed by atoms with Gasteiger partial charge in [0.15, 0.2) is 24.8 Å². The molecule has 0 radical (unpaired) electrons. The summed E-state index contributed by atoms with van der Waals surface area (Å²) in [6.45, 7) is 10.2. The predicted molar refractivity (Wildman–Crippen MR) is 244 cm³/mol. The molecule has 4 aromatic carbocycles. The SMILES string of the molecule is CCC1OC(OC2C(C)C(O[C@H]3CC[C@H]4[C@@H]5CCc6cc(F)ccc6[C@H]5CC[C@]34C)OC(CC)C2OC(=O)c2ccccc2)C(C)C(OC(=O)c2ccccc2)C1OC(=O)c1ccccc1. The zero-order valence-electron chi connectivity index (χ0n) is 38.6. The molecule has 3 aliphatic carbocycles. The van der Waals surface area contributed by atoms with Crippen molar-refractivity contribution in [2.45, 2.75) is 147 Å². The van der Waals surface area contributed by atoms with E-state index in [9.17, 15) is 18.8 Å². The van der Waals surface area contributed by atoms with E-state index in [2.05, 4.69) is 6.92 Å². The smallest absolute Gasteiger partial charge is 0.338 e. The first-order valence-electron chi connectivity index (χ1n) is 24.2. The monoisotopic (exact) mass is 902 g/mol. The van der Waals surface area contributed by atoms with Gasteiger partial charge < -0.3 is 33.2 Å². The lowest BCUT2D eigenvalue weighted by atomic mass is 9.55. The molecular weight excluding hydrogens is 840 g/mol. The van der Waals surface area contributed by atoms with Crippen LogP contribution in [0.5, 0.6) is 0 Å². The molecule has 0 bridgehead atoms. The second-order valence-electron chi connectivity index (χ2n) is 19.4. The molecule has 0 N–H and O–H groups in total. The Morgan fingerprint density at radius 2 is 1.12 bits per heavy atom. The highest BCUT2D eigenvalue weighted by atomic mass is 19.1. The number of carbonyl (C=O) groups excluding carboxylic acids is 3. The van der Waals surface area contributed by atoms with Crippen molar-refractivity contribution >= 4 is 17.9 Å². The van der Waals surface area contributed by atoms with E-state index in [1.165, 1.54) is 5.56 Å². The summed E-state index contributed by atoms with van der Waals surface area (Å²) in [5.74, 6) is -1.54. The van der Waals surface area contributed by atoms with E-state index in [1.54, 1.807) is 84.9 Å². The molecule has 0 spiro atoms. The van der Waals surface area contributed by atoms with E-state index < -0.39 is 78.9 Å². The maximum atomic E-state index is 14.3. The zero-order valence-corrected chi connectivity index (χ0v) is 38.6. The van der Waals surface area contributed by atoms with Gasteiger partial charge in [-0.05, 0) is 134 Å². The van der Waals surface area contributed by atoms with Gasteiger partial charge in [0.05, 0.1) is 28.9 Å². The fourth-order valence-electron chi connectivity index (χ4n) is 12.1. The van der Waals surface area contributed by atoms with Crippen molar-refractivity contribution in [3.63, 3.8) is 0 Å². The number of aryl methyl sites for hydroxylation is 1. The maximum Gasteiger partial charge on any atom is 0.338 e. The highest BCUT2D eigenvalue weighted by molar-refractivity contribution is 5.90. The van der Waals surface area contributed by atoms with Crippen LogP contribution in [-0.2, 0) is 39.6 Å². The highest BCUT2D eigenvalue weighted by Crippen LogP contribution is 2.62. The van der Waals surface area contributed by atoms with Crippen molar-refractivity contribution in [2.75, 3.05) is 0 Å². The van der Waals surface area contributed by atoms with E-state index in [4.69, 9.17) is 33.2 Å². The van der Waals surface area contributed by atoms with Gasteiger partial charge in [0, 0.05) is 11.8 Å². The van der Waals surface area contributed by atoms with Gasteiger partial charge in [-0.25, -0.2) is 18.8 Å². The molecule has 9 rings (SSSR count). The van der Waals surface area contributed by atoms with Gasteiger partial charge in [-0.2, -0.15) is 0 Å². The largest absolute Gasteiger partial charge is 0.454 e. The van der Waals surface area contributed by atoms with Crippen LogP contribution in [0.4, 0.5) is 4.39 Å². The van der Waals surface area contributed by atoms with Crippen LogP contribution in [0, 0.1) is 34.9 Å². The summed E-state index contributed by atoms with van der Waals surface area (Å²) in [6.07, 6.45) is 0.114. The van der Waals surface area contributed by atoms with Crippen LogP contribution >= 0.6 is 0 Å². The lowest BCUT2D eigenvalue weighted by Crippen LogP contribution is -2.62. The molecule has 10 unspecified atom stereocenters. The highest BCUT2D eigenvalue weighted by Gasteiger charge is 2.58. The van der Waals surface area contributed by atoms with E-state index >= 15 is 0 Å². The Kier molecular flexibility index (Phi) is 13.8. The predicted octanol–water partition coefficient (Wildman–Crippen LogP) is 10.7. The topological polar surface area (TPSA) is 116 Å². The second-order valence-corrected chi connectivity index (χ2v) is 19.4. The minimum Gasteiger partial charge on any atom is -0.454 e. The van der Waals surface area contributed by atoms with Gasteiger partial charge in [-0.3, -0.25) is 0 Å². The van der Waals surface area contributed by atoms with Crippen LogP contribution < -0.4 is 0 Å².